The average Bonchev–Trinajstić information content (AvgIpc) is 3.09. The van der Waals surface area contributed by atoms with E-state index in [9.17, 15) is 5.11 Å². The average molecular weight is 291 g/mol. The van der Waals surface area contributed by atoms with E-state index in [-0.39, 0.29) is 6.61 Å². The largest absolute Gasteiger partial charge is 0.391 e. The third-order valence-corrected chi connectivity index (χ3v) is 3.87. The summed E-state index contributed by atoms with van der Waals surface area (Å²) in [6.07, 6.45) is 5.15. The van der Waals surface area contributed by atoms with E-state index in [1.54, 1.807) is 11.0 Å². The monoisotopic (exact) mass is 290 g/mol. The van der Waals surface area contributed by atoms with Gasteiger partial charge in [0.2, 0.25) is 0 Å². The number of rotatable bonds is 3. The highest BCUT2D eigenvalue weighted by atomic mass is 35.5. The minimum absolute atomic E-state index is 0.123. The second kappa shape index (κ2) is 4.26. The summed E-state index contributed by atoms with van der Waals surface area (Å²) in [5.41, 5.74) is 2.77. The smallest absolute Gasteiger partial charge is 0.184 e. The van der Waals surface area contributed by atoms with Crippen LogP contribution in [0, 0.1) is 0 Å². The highest BCUT2D eigenvalue weighted by molar-refractivity contribution is 6.30. The minimum Gasteiger partial charge on any atom is -0.391 e. The van der Waals surface area contributed by atoms with Gasteiger partial charge >= 0.3 is 0 Å². The van der Waals surface area contributed by atoms with E-state index in [4.69, 9.17) is 11.6 Å². The van der Waals surface area contributed by atoms with Crippen molar-refractivity contribution in [1.29, 1.82) is 0 Å². The molecule has 102 valence electrons. The van der Waals surface area contributed by atoms with Gasteiger partial charge in [0.1, 0.15) is 17.0 Å². The van der Waals surface area contributed by atoms with Crippen LogP contribution in [0.5, 0.6) is 0 Å². The van der Waals surface area contributed by atoms with Crippen molar-refractivity contribution in [2.45, 2.75) is 25.4 Å². The molecule has 4 rings (SSSR count). The lowest BCUT2D eigenvalue weighted by molar-refractivity contribution is 0.280. The van der Waals surface area contributed by atoms with Gasteiger partial charge in [-0.25, -0.2) is 19.6 Å². The minimum atomic E-state index is -0.123. The van der Waals surface area contributed by atoms with Crippen molar-refractivity contribution >= 4 is 22.8 Å². The normalized spacial score (nSPS) is 15.1. The van der Waals surface area contributed by atoms with Crippen molar-refractivity contribution in [3.05, 3.63) is 29.1 Å². The van der Waals surface area contributed by atoms with Crippen molar-refractivity contribution in [3.63, 3.8) is 0 Å². The molecule has 0 radical (unpaired) electrons. The summed E-state index contributed by atoms with van der Waals surface area (Å²) in [6, 6.07) is 0. The van der Waals surface area contributed by atoms with Gasteiger partial charge in [0.25, 0.3) is 0 Å². The molecular weight excluding hydrogens is 280 g/mol. The van der Waals surface area contributed by atoms with Crippen LogP contribution in [0.15, 0.2) is 12.7 Å². The first-order valence-electron chi connectivity index (χ1n) is 6.32. The molecule has 0 amide bonds. The SMILES string of the molecule is OCc1c(C2CC2)nn(-c2ncnc3nc[nH]c23)c1Cl. The zero-order valence-corrected chi connectivity index (χ0v) is 11.2. The van der Waals surface area contributed by atoms with Gasteiger partial charge in [0.15, 0.2) is 11.5 Å². The quantitative estimate of drug-likeness (QED) is 0.763. The number of imidazole rings is 1. The first kappa shape index (κ1) is 11.8. The van der Waals surface area contributed by atoms with E-state index in [2.05, 4.69) is 25.0 Å². The molecule has 3 aromatic rings. The second-order valence-electron chi connectivity index (χ2n) is 4.80. The Labute approximate surface area is 118 Å². The lowest BCUT2D eigenvalue weighted by Gasteiger charge is -2.02. The molecule has 0 aromatic carbocycles. The zero-order chi connectivity index (χ0) is 13.7. The van der Waals surface area contributed by atoms with Crippen LogP contribution >= 0.6 is 11.6 Å². The molecule has 3 aromatic heterocycles. The van der Waals surface area contributed by atoms with Crippen LogP contribution in [0.3, 0.4) is 0 Å². The number of H-pyrrole nitrogens is 1. The second-order valence-corrected chi connectivity index (χ2v) is 5.16. The van der Waals surface area contributed by atoms with Crippen molar-refractivity contribution < 1.29 is 5.11 Å². The molecule has 0 atom stereocenters. The Bertz CT molecular complexity index is 790. The molecule has 0 spiro atoms. The molecule has 20 heavy (non-hydrogen) atoms. The number of halogens is 1. The van der Waals surface area contributed by atoms with Crippen LogP contribution in [-0.4, -0.2) is 34.8 Å². The van der Waals surface area contributed by atoms with Crippen LogP contribution < -0.4 is 0 Å². The van der Waals surface area contributed by atoms with E-state index >= 15 is 0 Å². The van der Waals surface area contributed by atoms with Crippen LogP contribution in [0.4, 0.5) is 0 Å². The van der Waals surface area contributed by atoms with Crippen LogP contribution in [0.1, 0.15) is 30.0 Å². The summed E-state index contributed by atoms with van der Waals surface area (Å²) in [5.74, 6) is 0.939. The number of aliphatic hydroxyl groups is 1. The molecule has 7 nitrogen and oxygen atoms in total. The molecule has 1 aliphatic carbocycles. The molecule has 0 bridgehead atoms. The summed E-state index contributed by atoms with van der Waals surface area (Å²) < 4.78 is 1.54. The van der Waals surface area contributed by atoms with Crippen LogP contribution in [0.2, 0.25) is 5.15 Å². The third kappa shape index (κ3) is 1.63. The number of aromatic amines is 1. The van der Waals surface area contributed by atoms with Gasteiger partial charge in [-0.1, -0.05) is 11.6 Å². The maximum Gasteiger partial charge on any atom is 0.184 e. The van der Waals surface area contributed by atoms with Gasteiger partial charge in [-0.05, 0) is 12.8 Å². The number of nitrogens with one attached hydrogen (secondary N) is 1. The van der Waals surface area contributed by atoms with Gasteiger partial charge in [-0.2, -0.15) is 5.10 Å². The van der Waals surface area contributed by atoms with E-state index in [1.165, 1.54) is 6.33 Å². The Morgan fingerprint density at radius 1 is 1.35 bits per heavy atom. The first-order valence-corrected chi connectivity index (χ1v) is 6.70. The fraction of sp³-hybridized carbons (Fsp3) is 0.333. The van der Waals surface area contributed by atoms with Gasteiger partial charge < -0.3 is 10.1 Å². The van der Waals surface area contributed by atoms with Crippen molar-refractivity contribution in [2.75, 3.05) is 0 Å². The number of fused-ring (bicyclic) bond motifs is 1. The van der Waals surface area contributed by atoms with Crippen molar-refractivity contribution in [2.24, 2.45) is 0 Å². The molecule has 3 heterocycles. The molecule has 1 saturated carbocycles. The Kier molecular flexibility index (Phi) is 2.51. The summed E-state index contributed by atoms with van der Waals surface area (Å²) in [6.45, 7) is -0.123. The lowest BCUT2D eigenvalue weighted by Crippen LogP contribution is -2.02. The maximum atomic E-state index is 9.52. The maximum absolute atomic E-state index is 9.52. The molecule has 1 fully saturated rings. The fourth-order valence-electron chi connectivity index (χ4n) is 2.33. The Morgan fingerprint density at radius 3 is 2.95 bits per heavy atom. The van der Waals surface area contributed by atoms with Crippen molar-refractivity contribution in [1.82, 2.24) is 29.7 Å². The third-order valence-electron chi connectivity index (χ3n) is 3.48. The Morgan fingerprint density at radius 2 is 2.20 bits per heavy atom. The first-order chi connectivity index (χ1) is 9.79. The number of hydrogen-bond donors (Lipinski definition) is 2. The fourth-order valence-corrected chi connectivity index (χ4v) is 2.60. The number of nitrogens with zero attached hydrogens (tertiary/aromatic N) is 5. The molecule has 8 heteroatoms. The zero-order valence-electron chi connectivity index (χ0n) is 10.4. The molecule has 0 aliphatic heterocycles. The summed E-state index contributed by atoms with van der Waals surface area (Å²) in [5, 5.41) is 14.4. The molecular formula is C12H11ClN6O. The molecule has 0 unspecified atom stereocenters. The number of aromatic nitrogens is 6. The number of hydrogen-bond acceptors (Lipinski definition) is 5. The summed E-state index contributed by atoms with van der Waals surface area (Å²) in [7, 11) is 0. The Hall–Kier alpha value is -1.99. The Balaban J connectivity index is 1.96. The van der Waals surface area contributed by atoms with E-state index in [0.29, 0.717) is 33.6 Å². The van der Waals surface area contributed by atoms with Crippen molar-refractivity contribution in [3.8, 4) is 5.82 Å². The van der Waals surface area contributed by atoms with Gasteiger partial charge in [-0.15, -0.1) is 0 Å². The highest BCUT2D eigenvalue weighted by Gasteiger charge is 2.32. The predicted octanol–water partition coefficient (Wildman–Crippen LogP) is 1.56. The standard InChI is InChI=1S/C12H11ClN6O/c13-10-7(3-20)8(6-1-2-6)18-19(10)12-9-11(15-4-14-9)16-5-17-12/h4-6,20H,1-3H2,(H,14,15,16,17). The van der Waals surface area contributed by atoms with E-state index < -0.39 is 0 Å². The molecule has 2 N–H and O–H groups in total. The van der Waals surface area contributed by atoms with E-state index in [0.717, 1.165) is 18.5 Å². The highest BCUT2D eigenvalue weighted by Crippen LogP contribution is 2.43. The molecule has 0 saturated heterocycles. The van der Waals surface area contributed by atoms with Crippen LogP contribution in [0.25, 0.3) is 17.0 Å². The summed E-state index contributed by atoms with van der Waals surface area (Å²) in [4.78, 5) is 15.4. The van der Waals surface area contributed by atoms with Crippen LogP contribution in [-0.2, 0) is 6.61 Å². The predicted molar refractivity (Wildman–Crippen MR) is 71.7 cm³/mol. The molecule has 1 aliphatic rings. The van der Waals surface area contributed by atoms with Gasteiger partial charge in [-0.3, -0.25) is 0 Å². The van der Waals surface area contributed by atoms with Gasteiger partial charge in [0.05, 0.1) is 18.6 Å². The van der Waals surface area contributed by atoms with Gasteiger partial charge in [0, 0.05) is 11.5 Å². The number of aliphatic hydroxyl groups excluding tert-OH is 1. The topological polar surface area (TPSA) is 92.5 Å². The van der Waals surface area contributed by atoms with E-state index in [1.807, 2.05) is 0 Å². The lowest BCUT2D eigenvalue weighted by atomic mass is 10.2. The summed E-state index contributed by atoms with van der Waals surface area (Å²) >= 11 is 6.35.